The first kappa shape index (κ1) is 24.4. The highest BCUT2D eigenvalue weighted by molar-refractivity contribution is 7.92. The molecule has 5 rings (SSSR count). The lowest BCUT2D eigenvalue weighted by Crippen LogP contribution is -2.47. The number of carbonyl (C=O) groups excluding carboxylic acids is 1. The third kappa shape index (κ3) is 4.50. The molecule has 0 radical (unpaired) electrons. The number of sulfonamides is 1. The SMILES string of the molecule is O=C(CCc1ccccc1)N1CCC2(CC1)CN(S(=O)(=O)c1ccc(C(F)F)cc1)c1ccccc12. The molecule has 0 aromatic heterocycles. The Morgan fingerprint density at radius 3 is 2.19 bits per heavy atom. The molecule has 0 N–H and O–H groups in total. The van der Waals surface area contributed by atoms with Gasteiger partial charge in [0.2, 0.25) is 5.91 Å². The minimum Gasteiger partial charge on any atom is -0.343 e. The predicted octanol–water partition coefficient (Wildman–Crippen LogP) is 5.33. The Morgan fingerprint density at radius 1 is 0.889 bits per heavy atom. The quantitative estimate of drug-likeness (QED) is 0.451. The first-order valence-electron chi connectivity index (χ1n) is 12.1. The summed E-state index contributed by atoms with van der Waals surface area (Å²) in [6.45, 7) is 1.41. The minimum absolute atomic E-state index is 0.00715. The molecule has 1 spiro atoms. The maximum absolute atomic E-state index is 13.6. The van der Waals surface area contributed by atoms with E-state index in [1.54, 1.807) is 6.07 Å². The molecule has 1 amide bonds. The molecule has 36 heavy (non-hydrogen) atoms. The molecule has 5 nitrogen and oxygen atoms in total. The van der Waals surface area contributed by atoms with Crippen LogP contribution in [-0.4, -0.2) is 38.9 Å². The van der Waals surface area contributed by atoms with E-state index in [0.29, 0.717) is 44.5 Å². The third-order valence-corrected chi connectivity index (χ3v) is 9.23. The summed E-state index contributed by atoms with van der Waals surface area (Å²) < 4.78 is 54.5. The van der Waals surface area contributed by atoms with Crippen LogP contribution in [0.4, 0.5) is 14.5 Å². The Morgan fingerprint density at radius 2 is 1.53 bits per heavy atom. The van der Waals surface area contributed by atoms with Crippen LogP contribution in [0.3, 0.4) is 0 Å². The molecule has 0 saturated carbocycles. The van der Waals surface area contributed by atoms with E-state index in [0.717, 1.165) is 23.3 Å². The zero-order valence-corrected chi connectivity index (χ0v) is 20.6. The Hall–Kier alpha value is -3.26. The number of fused-ring (bicyclic) bond motifs is 2. The van der Waals surface area contributed by atoms with E-state index >= 15 is 0 Å². The fraction of sp³-hybridized carbons (Fsp3) is 0.321. The molecule has 2 heterocycles. The van der Waals surface area contributed by atoms with Crippen LogP contribution in [0.15, 0.2) is 83.8 Å². The van der Waals surface area contributed by atoms with Crippen molar-refractivity contribution < 1.29 is 22.0 Å². The van der Waals surface area contributed by atoms with Crippen LogP contribution in [0.25, 0.3) is 0 Å². The Labute approximate surface area is 210 Å². The number of piperidine rings is 1. The van der Waals surface area contributed by atoms with Crippen LogP contribution in [0.1, 0.15) is 42.4 Å². The van der Waals surface area contributed by atoms with Gasteiger partial charge in [-0.1, -0.05) is 60.7 Å². The van der Waals surface area contributed by atoms with Crippen LogP contribution in [0, 0.1) is 0 Å². The number of likely N-dealkylation sites (tertiary alicyclic amines) is 1. The van der Waals surface area contributed by atoms with Crippen molar-refractivity contribution in [2.75, 3.05) is 23.9 Å². The summed E-state index contributed by atoms with van der Waals surface area (Å²) in [6, 6.07) is 22.2. The van der Waals surface area contributed by atoms with E-state index in [2.05, 4.69) is 0 Å². The highest BCUT2D eigenvalue weighted by Gasteiger charge is 2.48. The summed E-state index contributed by atoms with van der Waals surface area (Å²) in [7, 11) is -3.93. The zero-order chi connectivity index (χ0) is 25.3. The first-order chi connectivity index (χ1) is 17.3. The van der Waals surface area contributed by atoms with Gasteiger partial charge in [-0.05, 0) is 48.6 Å². The van der Waals surface area contributed by atoms with E-state index in [9.17, 15) is 22.0 Å². The van der Waals surface area contributed by atoms with E-state index in [-0.39, 0.29) is 28.3 Å². The van der Waals surface area contributed by atoms with E-state index < -0.39 is 16.4 Å². The molecule has 0 bridgehead atoms. The van der Waals surface area contributed by atoms with Gasteiger partial charge in [-0.15, -0.1) is 0 Å². The van der Waals surface area contributed by atoms with Crippen LogP contribution in [-0.2, 0) is 26.7 Å². The van der Waals surface area contributed by atoms with Gasteiger partial charge in [0.1, 0.15) is 0 Å². The van der Waals surface area contributed by atoms with Crippen LogP contribution < -0.4 is 4.31 Å². The molecule has 0 unspecified atom stereocenters. The van der Waals surface area contributed by atoms with Crippen LogP contribution in [0.2, 0.25) is 0 Å². The van der Waals surface area contributed by atoms with Crippen molar-refractivity contribution in [1.29, 1.82) is 0 Å². The number of anilines is 1. The van der Waals surface area contributed by atoms with Gasteiger partial charge in [0.05, 0.1) is 10.6 Å². The number of hydrogen-bond donors (Lipinski definition) is 0. The van der Waals surface area contributed by atoms with Crippen molar-refractivity contribution in [1.82, 2.24) is 4.90 Å². The molecule has 1 saturated heterocycles. The Bertz CT molecular complexity index is 1340. The molecule has 188 valence electrons. The van der Waals surface area contributed by atoms with Gasteiger partial charge in [-0.3, -0.25) is 9.10 Å². The standard InChI is InChI=1S/C28H28F2N2O3S/c29-27(30)22-11-13-23(14-12-22)36(34,35)32-20-28(24-8-4-5-9-25(24)32)16-18-31(19-17-28)26(33)15-10-21-6-2-1-3-7-21/h1-9,11-14,27H,10,15-20H2. The molecule has 0 aliphatic carbocycles. The summed E-state index contributed by atoms with van der Waals surface area (Å²) in [6.07, 6.45) is -0.184. The Balaban J connectivity index is 1.32. The number of hydrogen-bond acceptors (Lipinski definition) is 3. The molecule has 1 fully saturated rings. The van der Waals surface area contributed by atoms with Crippen molar-refractivity contribution in [2.24, 2.45) is 0 Å². The van der Waals surface area contributed by atoms with E-state index in [1.807, 2.05) is 53.4 Å². The van der Waals surface area contributed by atoms with Gasteiger partial charge in [0.25, 0.3) is 16.4 Å². The number of nitrogens with zero attached hydrogens (tertiary/aromatic N) is 2. The number of aryl methyl sites for hydroxylation is 1. The lowest BCUT2D eigenvalue weighted by Gasteiger charge is -2.40. The summed E-state index contributed by atoms with van der Waals surface area (Å²) in [5.74, 6) is 0.114. The van der Waals surface area contributed by atoms with Crippen molar-refractivity contribution in [3.63, 3.8) is 0 Å². The number of alkyl halides is 2. The molecule has 8 heteroatoms. The number of benzene rings is 3. The van der Waals surface area contributed by atoms with Gasteiger partial charge in [0.15, 0.2) is 0 Å². The lowest BCUT2D eigenvalue weighted by molar-refractivity contribution is -0.132. The van der Waals surface area contributed by atoms with Crippen LogP contribution in [0.5, 0.6) is 0 Å². The van der Waals surface area contributed by atoms with Crippen molar-refractivity contribution in [2.45, 2.75) is 42.4 Å². The number of carbonyl (C=O) groups is 1. The zero-order valence-electron chi connectivity index (χ0n) is 19.8. The maximum atomic E-state index is 13.6. The topological polar surface area (TPSA) is 57.7 Å². The van der Waals surface area contributed by atoms with Gasteiger partial charge < -0.3 is 4.90 Å². The summed E-state index contributed by atoms with van der Waals surface area (Å²) in [5.41, 5.74) is 2.12. The van der Waals surface area contributed by atoms with Crippen molar-refractivity contribution in [3.8, 4) is 0 Å². The van der Waals surface area contributed by atoms with Gasteiger partial charge in [0, 0.05) is 37.0 Å². The predicted molar refractivity (Wildman–Crippen MR) is 135 cm³/mol. The molecular formula is C28H28F2N2O3S. The van der Waals surface area contributed by atoms with Crippen LogP contribution >= 0.6 is 0 Å². The van der Waals surface area contributed by atoms with Gasteiger partial charge >= 0.3 is 0 Å². The second kappa shape index (κ2) is 9.65. The molecule has 3 aromatic carbocycles. The first-order valence-corrected chi connectivity index (χ1v) is 13.6. The van der Waals surface area contributed by atoms with Crippen molar-refractivity contribution >= 4 is 21.6 Å². The molecular weight excluding hydrogens is 482 g/mol. The number of rotatable bonds is 6. The normalized spacial score (nSPS) is 17.0. The highest BCUT2D eigenvalue weighted by Crippen LogP contribution is 2.48. The monoisotopic (exact) mass is 510 g/mol. The summed E-state index contributed by atoms with van der Waals surface area (Å²) >= 11 is 0. The maximum Gasteiger partial charge on any atom is 0.264 e. The van der Waals surface area contributed by atoms with Gasteiger partial charge in [-0.2, -0.15) is 0 Å². The van der Waals surface area contributed by atoms with Crippen molar-refractivity contribution in [3.05, 3.63) is 95.6 Å². The smallest absolute Gasteiger partial charge is 0.264 e. The second-order valence-corrected chi connectivity index (χ2v) is 11.4. The Kier molecular flexibility index (Phi) is 6.55. The summed E-state index contributed by atoms with van der Waals surface area (Å²) in [5, 5.41) is 0. The number of amides is 1. The number of para-hydroxylation sites is 1. The largest absolute Gasteiger partial charge is 0.343 e. The highest BCUT2D eigenvalue weighted by atomic mass is 32.2. The second-order valence-electron chi connectivity index (χ2n) is 9.55. The fourth-order valence-electron chi connectivity index (χ4n) is 5.38. The van der Waals surface area contributed by atoms with Gasteiger partial charge in [-0.25, -0.2) is 17.2 Å². The summed E-state index contributed by atoms with van der Waals surface area (Å²) in [4.78, 5) is 14.7. The van der Waals surface area contributed by atoms with E-state index in [1.165, 1.54) is 16.4 Å². The minimum atomic E-state index is -3.93. The number of halogens is 2. The third-order valence-electron chi connectivity index (χ3n) is 7.45. The molecule has 2 aliphatic heterocycles. The average Bonchev–Trinajstić information content (AvgIpc) is 3.23. The molecule has 2 aliphatic rings. The average molecular weight is 511 g/mol. The fourth-order valence-corrected chi connectivity index (χ4v) is 6.95. The molecule has 3 aromatic rings. The van der Waals surface area contributed by atoms with E-state index in [4.69, 9.17) is 0 Å². The molecule has 0 atom stereocenters. The lowest BCUT2D eigenvalue weighted by atomic mass is 9.74.